The van der Waals surface area contributed by atoms with Gasteiger partial charge < -0.3 is 4.18 Å². The smallest absolute Gasteiger partial charge is 0.339 e. The SMILES string of the molecule is O=C1S/C(=C\c2ccc(OS(=O)(=O)c3ccc(Cl)cc3)c(Cl)c2)C(=O)N1Cc1c(Cl)cccc1Cl. The summed E-state index contributed by atoms with van der Waals surface area (Å²) in [5, 5.41) is 0.592. The molecule has 1 aliphatic heterocycles. The van der Waals surface area contributed by atoms with E-state index in [2.05, 4.69) is 0 Å². The molecule has 0 aromatic heterocycles. The first-order chi connectivity index (χ1) is 16.5. The molecule has 0 atom stereocenters. The van der Waals surface area contributed by atoms with Crippen molar-refractivity contribution in [3.05, 3.63) is 96.8 Å². The maximum atomic E-state index is 12.9. The van der Waals surface area contributed by atoms with Gasteiger partial charge in [-0.15, -0.1) is 0 Å². The number of imide groups is 1. The molecule has 4 rings (SSSR count). The van der Waals surface area contributed by atoms with Crippen molar-refractivity contribution in [1.29, 1.82) is 0 Å². The molecular formula is C23H13Cl4NO5S2. The minimum atomic E-state index is -4.14. The topological polar surface area (TPSA) is 80.8 Å². The number of carbonyl (C=O) groups is 2. The van der Waals surface area contributed by atoms with Crippen LogP contribution in [0.5, 0.6) is 5.75 Å². The molecule has 180 valence electrons. The van der Waals surface area contributed by atoms with Crippen LogP contribution in [0.15, 0.2) is 70.5 Å². The number of halogens is 4. The molecule has 0 radical (unpaired) electrons. The Hall–Kier alpha value is -2.20. The Morgan fingerprint density at radius 3 is 2.17 bits per heavy atom. The van der Waals surface area contributed by atoms with E-state index in [1.54, 1.807) is 18.2 Å². The fraction of sp³-hybridized carbons (Fsp3) is 0.0435. The van der Waals surface area contributed by atoms with Gasteiger partial charge in [0.2, 0.25) is 0 Å². The van der Waals surface area contributed by atoms with Crippen molar-refractivity contribution in [3.63, 3.8) is 0 Å². The highest BCUT2D eigenvalue weighted by Crippen LogP contribution is 2.37. The highest BCUT2D eigenvalue weighted by Gasteiger charge is 2.35. The summed E-state index contributed by atoms with van der Waals surface area (Å²) in [4.78, 5) is 26.4. The Labute approximate surface area is 225 Å². The Balaban J connectivity index is 1.53. The lowest BCUT2D eigenvalue weighted by Gasteiger charge is -2.14. The van der Waals surface area contributed by atoms with Gasteiger partial charge in [-0.25, -0.2) is 0 Å². The number of hydrogen-bond acceptors (Lipinski definition) is 6. The second-order valence-corrected chi connectivity index (χ2v) is 11.3. The fourth-order valence-corrected chi connectivity index (χ4v) is 5.77. The van der Waals surface area contributed by atoms with E-state index in [9.17, 15) is 18.0 Å². The number of rotatable bonds is 6. The standard InChI is InChI=1S/C23H13Cl4NO5S2/c24-14-5-7-15(8-6-14)35(31,32)33-20-9-4-13(10-19(20)27)11-21-22(29)28(23(30)34-21)12-16-17(25)2-1-3-18(16)26/h1-11H,12H2/b21-11-. The highest BCUT2D eigenvalue weighted by atomic mass is 35.5. The summed E-state index contributed by atoms with van der Waals surface area (Å²) in [5.74, 6) is -0.613. The minimum Gasteiger partial charge on any atom is -0.377 e. The van der Waals surface area contributed by atoms with E-state index in [0.29, 0.717) is 26.2 Å². The van der Waals surface area contributed by atoms with Crippen LogP contribution in [-0.4, -0.2) is 24.5 Å². The van der Waals surface area contributed by atoms with E-state index >= 15 is 0 Å². The van der Waals surface area contributed by atoms with E-state index in [0.717, 1.165) is 16.7 Å². The molecule has 0 unspecified atom stereocenters. The number of hydrogen-bond donors (Lipinski definition) is 0. The number of amides is 2. The first-order valence-corrected chi connectivity index (χ1v) is 13.5. The number of carbonyl (C=O) groups excluding carboxylic acids is 2. The van der Waals surface area contributed by atoms with E-state index < -0.39 is 21.3 Å². The van der Waals surface area contributed by atoms with Crippen molar-refractivity contribution in [1.82, 2.24) is 4.90 Å². The normalized spacial score (nSPS) is 15.2. The van der Waals surface area contributed by atoms with Crippen LogP contribution >= 0.6 is 58.2 Å². The van der Waals surface area contributed by atoms with E-state index in [4.69, 9.17) is 50.6 Å². The largest absolute Gasteiger partial charge is 0.377 e. The summed E-state index contributed by atoms with van der Waals surface area (Å²) in [6, 6.07) is 14.7. The van der Waals surface area contributed by atoms with Crippen LogP contribution in [0.2, 0.25) is 20.1 Å². The molecule has 0 N–H and O–H groups in total. The van der Waals surface area contributed by atoms with Crippen molar-refractivity contribution in [3.8, 4) is 5.75 Å². The van der Waals surface area contributed by atoms with Crippen LogP contribution in [0.3, 0.4) is 0 Å². The maximum Gasteiger partial charge on any atom is 0.339 e. The fourth-order valence-electron chi connectivity index (χ4n) is 3.07. The molecule has 2 amide bonds. The third-order valence-electron chi connectivity index (χ3n) is 4.81. The minimum absolute atomic E-state index is 0.00151. The van der Waals surface area contributed by atoms with Crippen molar-refractivity contribution in [2.45, 2.75) is 11.4 Å². The van der Waals surface area contributed by atoms with Crippen LogP contribution in [0.4, 0.5) is 4.79 Å². The summed E-state index contributed by atoms with van der Waals surface area (Å²) in [7, 11) is -4.14. The van der Waals surface area contributed by atoms with Crippen LogP contribution in [0.25, 0.3) is 6.08 Å². The molecule has 0 bridgehead atoms. The monoisotopic (exact) mass is 587 g/mol. The maximum absolute atomic E-state index is 12.9. The highest BCUT2D eigenvalue weighted by molar-refractivity contribution is 8.18. The zero-order valence-corrected chi connectivity index (χ0v) is 22.0. The Morgan fingerprint density at radius 1 is 0.886 bits per heavy atom. The second kappa shape index (κ2) is 10.4. The van der Waals surface area contributed by atoms with Gasteiger partial charge in [0.1, 0.15) is 4.90 Å². The van der Waals surface area contributed by atoms with Gasteiger partial charge in [-0.05, 0) is 71.9 Å². The van der Waals surface area contributed by atoms with Crippen molar-refractivity contribution < 1.29 is 22.2 Å². The quantitative estimate of drug-likeness (QED) is 0.222. The van der Waals surface area contributed by atoms with E-state index in [1.807, 2.05) is 0 Å². The molecule has 12 heteroatoms. The lowest BCUT2D eigenvalue weighted by Crippen LogP contribution is -2.27. The molecule has 1 heterocycles. The molecule has 3 aromatic carbocycles. The van der Waals surface area contributed by atoms with Crippen molar-refractivity contribution in [2.75, 3.05) is 0 Å². The molecular weight excluding hydrogens is 576 g/mol. The van der Waals surface area contributed by atoms with E-state index in [1.165, 1.54) is 48.5 Å². The predicted molar refractivity (Wildman–Crippen MR) is 139 cm³/mol. The summed E-state index contributed by atoms with van der Waals surface area (Å²) in [6.45, 7) is -0.0728. The first kappa shape index (κ1) is 25.9. The third-order valence-corrected chi connectivity index (χ3v) is 8.22. The van der Waals surface area contributed by atoms with Gasteiger partial charge in [0, 0.05) is 20.6 Å². The van der Waals surface area contributed by atoms with Gasteiger partial charge in [-0.3, -0.25) is 14.5 Å². The van der Waals surface area contributed by atoms with Gasteiger partial charge in [0.25, 0.3) is 11.1 Å². The van der Waals surface area contributed by atoms with Crippen molar-refractivity contribution >= 4 is 85.5 Å². The second-order valence-electron chi connectivity index (χ2n) is 7.15. The van der Waals surface area contributed by atoms with Crippen LogP contribution in [-0.2, 0) is 21.5 Å². The molecule has 1 aliphatic rings. The molecule has 6 nitrogen and oxygen atoms in total. The zero-order valence-electron chi connectivity index (χ0n) is 17.4. The molecule has 35 heavy (non-hydrogen) atoms. The average molecular weight is 589 g/mol. The summed E-state index contributed by atoms with van der Waals surface area (Å²) in [5.41, 5.74) is 0.929. The first-order valence-electron chi connectivity index (χ1n) is 9.73. The molecule has 3 aromatic rings. The lowest BCUT2D eigenvalue weighted by molar-refractivity contribution is -0.123. The summed E-state index contributed by atoms with van der Waals surface area (Å²) < 4.78 is 30.1. The summed E-state index contributed by atoms with van der Waals surface area (Å²) >= 11 is 25.1. The van der Waals surface area contributed by atoms with Crippen LogP contribution in [0, 0.1) is 0 Å². The third kappa shape index (κ3) is 5.80. The predicted octanol–water partition coefficient (Wildman–Crippen LogP) is 7.30. The molecule has 0 saturated carbocycles. The van der Waals surface area contributed by atoms with Crippen molar-refractivity contribution in [2.24, 2.45) is 0 Å². The van der Waals surface area contributed by atoms with Gasteiger partial charge in [-0.1, -0.05) is 58.5 Å². The number of thioether (sulfide) groups is 1. The van der Waals surface area contributed by atoms with Gasteiger partial charge in [0.15, 0.2) is 5.75 Å². The Morgan fingerprint density at radius 2 is 1.54 bits per heavy atom. The van der Waals surface area contributed by atoms with Gasteiger partial charge in [-0.2, -0.15) is 8.42 Å². The van der Waals surface area contributed by atoms with Crippen LogP contribution in [0.1, 0.15) is 11.1 Å². The van der Waals surface area contributed by atoms with Gasteiger partial charge in [0.05, 0.1) is 16.5 Å². The molecule has 0 aliphatic carbocycles. The Bertz CT molecular complexity index is 1450. The zero-order chi connectivity index (χ0) is 25.3. The van der Waals surface area contributed by atoms with E-state index in [-0.39, 0.29) is 27.1 Å². The molecule has 1 fully saturated rings. The average Bonchev–Trinajstić information content (AvgIpc) is 3.05. The lowest BCUT2D eigenvalue weighted by atomic mass is 10.2. The Kier molecular flexibility index (Phi) is 7.71. The number of nitrogens with zero attached hydrogens (tertiary/aromatic N) is 1. The summed E-state index contributed by atoms with van der Waals surface area (Å²) in [6.07, 6.45) is 1.47. The number of benzene rings is 3. The van der Waals surface area contributed by atoms with Gasteiger partial charge >= 0.3 is 10.1 Å². The molecule has 0 spiro atoms. The molecule has 1 saturated heterocycles. The van der Waals surface area contributed by atoms with Crippen LogP contribution < -0.4 is 4.18 Å².